The highest BCUT2D eigenvalue weighted by atomic mass is 32.2. The molecule has 2 N–H and O–H groups in total. The van der Waals surface area contributed by atoms with E-state index in [2.05, 4.69) is 10.0 Å². The molecule has 0 fully saturated rings. The standard InChI is InChI=1S/C22H14F4N2O3S2/c23-17-3-1-2-4-20(17)33(30,31)28-16-8-6-15(7-9-16)27-21(29)19-12-13-11-14(22(24,25)26)5-10-18(13)32-19/h1-12,28H,(H,27,29). The van der Waals surface area contributed by atoms with Gasteiger partial charge in [0.2, 0.25) is 0 Å². The van der Waals surface area contributed by atoms with Gasteiger partial charge >= 0.3 is 6.18 Å². The van der Waals surface area contributed by atoms with Crippen LogP contribution in [0.5, 0.6) is 0 Å². The summed E-state index contributed by atoms with van der Waals surface area (Å²) in [6.07, 6.45) is -4.48. The molecule has 0 radical (unpaired) electrons. The Morgan fingerprint density at radius 1 is 0.879 bits per heavy atom. The van der Waals surface area contributed by atoms with Gasteiger partial charge in [0.25, 0.3) is 15.9 Å². The molecule has 0 aliphatic rings. The number of nitrogens with one attached hydrogen (secondary N) is 2. The number of carbonyl (C=O) groups is 1. The van der Waals surface area contributed by atoms with E-state index in [1.165, 1.54) is 48.5 Å². The molecule has 0 bridgehead atoms. The molecule has 3 aromatic carbocycles. The second-order valence-electron chi connectivity index (χ2n) is 6.93. The third-order valence-corrected chi connectivity index (χ3v) is 7.12. The number of carbonyl (C=O) groups excluding carboxylic acids is 1. The molecule has 1 heterocycles. The van der Waals surface area contributed by atoms with Crippen LogP contribution in [-0.2, 0) is 16.2 Å². The van der Waals surface area contributed by atoms with Gasteiger partial charge in [0, 0.05) is 16.1 Å². The van der Waals surface area contributed by atoms with E-state index in [4.69, 9.17) is 0 Å². The van der Waals surface area contributed by atoms with E-state index in [1.807, 2.05) is 0 Å². The van der Waals surface area contributed by atoms with E-state index < -0.39 is 38.4 Å². The van der Waals surface area contributed by atoms with Crippen molar-refractivity contribution in [3.05, 3.63) is 89.1 Å². The number of amides is 1. The number of fused-ring (bicyclic) bond motifs is 1. The first kappa shape index (κ1) is 22.7. The smallest absolute Gasteiger partial charge is 0.321 e. The lowest BCUT2D eigenvalue weighted by atomic mass is 10.1. The second kappa shape index (κ2) is 8.49. The van der Waals surface area contributed by atoms with E-state index in [1.54, 1.807) is 0 Å². The quantitative estimate of drug-likeness (QED) is 0.329. The third-order valence-electron chi connectivity index (χ3n) is 4.59. The van der Waals surface area contributed by atoms with Crippen molar-refractivity contribution in [2.24, 2.45) is 0 Å². The summed E-state index contributed by atoms with van der Waals surface area (Å²) < 4.78 is 79.9. The molecule has 0 saturated heterocycles. The van der Waals surface area contributed by atoms with Crippen LogP contribution in [0, 0.1) is 5.82 Å². The molecule has 1 aromatic heterocycles. The summed E-state index contributed by atoms with van der Waals surface area (Å²) in [5.74, 6) is -1.41. The Morgan fingerprint density at radius 2 is 1.55 bits per heavy atom. The zero-order chi connectivity index (χ0) is 23.8. The number of thiophene rings is 1. The van der Waals surface area contributed by atoms with Crippen molar-refractivity contribution in [1.82, 2.24) is 0 Å². The van der Waals surface area contributed by atoms with Crippen molar-refractivity contribution in [1.29, 1.82) is 0 Å². The number of sulfonamides is 1. The Bertz CT molecular complexity index is 1450. The first-order valence-corrected chi connectivity index (χ1v) is 11.6. The predicted octanol–water partition coefficient (Wildman–Crippen LogP) is 6.11. The maximum Gasteiger partial charge on any atom is 0.416 e. The summed E-state index contributed by atoms with van der Waals surface area (Å²) in [4.78, 5) is 12.2. The van der Waals surface area contributed by atoms with Gasteiger partial charge in [-0.1, -0.05) is 12.1 Å². The molecule has 1 amide bonds. The highest BCUT2D eigenvalue weighted by Crippen LogP contribution is 2.34. The molecule has 33 heavy (non-hydrogen) atoms. The Labute approximate surface area is 189 Å². The van der Waals surface area contributed by atoms with Gasteiger partial charge in [0.05, 0.1) is 10.4 Å². The van der Waals surface area contributed by atoms with Crippen LogP contribution in [0.4, 0.5) is 28.9 Å². The zero-order valence-corrected chi connectivity index (χ0v) is 18.1. The van der Waals surface area contributed by atoms with E-state index in [9.17, 15) is 30.8 Å². The normalized spacial score (nSPS) is 12.0. The van der Waals surface area contributed by atoms with E-state index in [0.29, 0.717) is 15.8 Å². The zero-order valence-electron chi connectivity index (χ0n) is 16.5. The average molecular weight is 494 g/mol. The molecule has 0 unspecified atom stereocenters. The summed E-state index contributed by atoms with van der Waals surface area (Å²) in [6, 6.07) is 15.2. The van der Waals surface area contributed by atoms with Crippen molar-refractivity contribution < 1.29 is 30.8 Å². The third kappa shape index (κ3) is 4.99. The van der Waals surface area contributed by atoms with Crippen molar-refractivity contribution in [2.75, 3.05) is 10.0 Å². The summed E-state index contributed by atoms with van der Waals surface area (Å²) in [5, 5.41) is 2.91. The molecule has 0 aliphatic carbocycles. The fourth-order valence-corrected chi connectivity index (χ4v) is 5.10. The molecule has 0 saturated carbocycles. The maximum atomic E-state index is 13.8. The summed E-state index contributed by atoms with van der Waals surface area (Å²) in [5.41, 5.74) is -0.312. The average Bonchev–Trinajstić information content (AvgIpc) is 3.18. The Morgan fingerprint density at radius 3 is 2.21 bits per heavy atom. The van der Waals surface area contributed by atoms with Crippen LogP contribution in [-0.4, -0.2) is 14.3 Å². The number of hydrogen-bond acceptors (Lipinski definition) is 4. The largest absolute Gasteiger partial charge is 0.416 e. The number of benzene rings is 3. The van der Waals surface area contributed by atoms with Gasteiger partial charge in [-0.05, 0) is 66.0 Å². The van der Waals surface area contributed by atoms with Gasteiger partial charge in [-0.2, -0.15) is 13.2 Å². The second-order valence-corrected chi connectivity index (χ2v) is 9.66. The van der Waals surface area contributed by atoms with Crippen molar-refractivity contribution in [3.8, 4) is 0 Å². The number of hydrogen-bond donors (Lipinski definition) is 2. The Balaban J connectivity index is 1.48. The van der Waals surface area contributed by atoms with E-state index >= 15 is 0 Å². The van der Waals surface area contributed by atoms with E-state index in [0.717, 1.165) is 35.6 Å². The molecular formula is C22H14F4N2O3S2. The fourth-order valence-electron chi connectivity index (χ4n) is 3.02. The SMILES string of the molecule is O=C(Nc1ccc(NS(=O)(=O)c2ccccc2F)cc1)c1cc2cc(C(F)(F)F)ccc2s1. The van der Waals surface area contributed by atoms with Gasteiger partial charge in [0.15, 0.2) is 0 Å². The van der Waals surface area contributed by atoms with Gasteiger partial charge in [0.1, 0.15) is 10.7 Å². The Kier molecular flexibility index (Phi) is 5.85. The number of rotatable bonds is 5. The first-order valence-electron chi connectivity index (χ1n) is 9.32. The lowest BCUT2D eigenvalue weighted by molar-refractivity contribution is -0.137. The summed E-state index contributed by atoms with van der Waals surface area (Å²) >= 11 is 1.05. The van der Waals surface area contributed by atoms with Crippen LogP contribution in [0.2, 0.25) is 0 Å². The lowest BCUT2D eigenvalue weighted by Crippen LogP contribution is -2.14. The molecule has 11 heteroatoms. The van der Waals surface area contributed by atoms with Crippen molar-refractivity contribution >= 4 is 48.7 Å². The van der Waals surface area contributed by atoms with Gasteiger partial charge in [-0.3, -0.25) is 9.52 Å². The van der Waals surface area contributed by atoms with Crippen molar-refractivity contribution in [2.45, 2.75) is 11.1 Å². The van der Waals surface area contributed by atoms with Crippen LogP contribution in [0.1, 0.15) is 15.2 Å². The fraction of sp³-hybridized carbons (Fsp3) is 0.0455. The predicted molar refractivity (Wildman–Crippen MR) is 118 cm³/mol. The highest BCUT2D eigenvalue weighted by molar-refractivity contribution is 7.92. The lowest BCUT2D eigenvalue weighted by Gasteiger charge is -2.10. The molecule has 0 atom stereocenters. The maximum absolute atomic E-state index is 13.8. The van der Waals surface area contributed by atoms with Crippen LogP contribution in [0.25, 0.3) is 10.1 Å². The number of halogens is 4. The summed E-state index contributed by atoms with van der Waals surface area (Å²) in [7, 11) is -4.14. The van der Waals surface area contributed by atoms with Gasteiger partial charge in [-0.25, -0.2) is 12.8 Å². The van der Waals surface area contributed by atoms with Crippen LogP contribution in [0.3, 0.4) is 0 Å². The molecule has 0 spiro atoms. The van der Waals surface area contributed by atoms with Crippen LogP contribution in [0.15, 0.2) is 77.7 Å². The van der Waals surface area contributed by atoms with Gasteiger partial charge in [-0.15, -0.1) is 11.3 Å². The van der Waals surface area contributed by atoms with E-state index in [-0.39, 0.29) is 10.6 Å². The molecule has 4 aromatic rings. The topological polar surface area (TPSA) is 75.3 Å². The van der Waals surface area contributed by atoms with Crippen LogP contribution >= 0.6 is 11.3 Å². The number of alkyl halides is 3. The van der Waals surface area contributed by atoms with Gasteiger partial charge < -0.3 is 5.32 Å². The molecule has 170 valence electrons. The molecule has 4 rings (SSSR count). The van der Waals surface area contributed by atoms with Crippen molar-refractivity contribution in [3.63, 3.8) is 0 Å². The summed E-state index contributed by atoms with van der Waals surface area (Å²) in [6.45, 7) is 0. The minimum absolute atomic E-state index is 0.151. The first-order chi connectivity index (χ1) is 15.5. The monoisotopic (exact) mass is 494 g/mol. The number of anilines is 2. The highest BCUT2D eigenvalue weighted by Gasteiger charge is 2.30. The molecular weight excluding hydrogens is 480 g/mol. The minimum atomic E-state index is -4.48. The molecule has 5 nitrogen and oxygen atoms in total. The minimum Gasteiger partial charge on any atom is -0.321 e. The van der Waals surface area contributed by atoms with Crippen LogP contribution < -0.4 is 10.0 Å². The Hall–Kier alpha value is -3.44. The molecule has 0 aliphatic heterocycles.